The Hall–Kier alpha value is -1.58. The van der Waals surface area contributed by atoms with Crippen molar-refractivity contribution in [2.45, 2.75) is 19.4 Å². The number of ether oxygens (including phenoxy) is 1. The van der Waals surface area contributed by atoms with Gasteiger partial charge < -0.3 is 10.1 Å². The first kappa shape index (κ1) is 15.8. The fraction of sp³-hybridized carbons (Fsp3) is 0.294. The van der Waals surface area contributed by atoms with Crippen molar-refractivity contribution in [3.05, 3.63) is 64.4 Å². The Morgan fingerprint density at radius 3 is 2.38 bits per heavy atom. The predicted molar refractivity (Wildman–Crippen MR) is 84.5 cm³/mol. The summed E-state index contributed by atoms with van der Waals surface area (Å²) in [7, 11) is 1.86. The zero-order valence-electron chi connectivity index (χ0n) is 12.2. The van der Waals surface area contributed by atoms with E-state index in [4.69, 9.17) is 16.3 Å². The summed E-state index contributed by atoms with van der Waals surface area (Å²) in [6.07, 6.45) is 0.981. The van der Waals surface area contributed by atoms with Gasteiger partial charge in [0.1, 0.15) is 11.6 Å². The van der Waals surface area contributed by atoms with Crippen molar-refractivity contribution < 1.29 is 9.13 Å². The monoisotopic (exact) mass is 307 g/mol. The van der Waals surface area contributed by atoms with Crippen molar-refractivity contribution in [3.8, 4) is 5.75 Å². The SMILES string of the molecule is CCCOc1ccc(C(NC)c2ccc(F)c(Cl)c2)cc1. The molecule has 2 aromatic rings. The Bertz CT molecular complexity index is 586. The summed E-state index contributed by atoms with van der Waals surface area (Å²) in [6, 6.07) is 12.6. The van der Waals surface area contributed by atoms with Gasteiger partial charge in [-0.15, -0.1) is 0 Å². The molecule has 0 bridgehead atoms. The molecule has 4 heteroatoms. The van der Waals surface area contributed by atoms with E-state index in [9.17, 15) is 4.39 Å². The van der Waals surface area contributed by atoms with Gasteiger partial charge >= 0.3 is 0 Å². The molecule has 0 fully saturated rings. The largest absolute Gasteiger partial charge is 0.494 e. The van der Waals surface area contributed by atoms with Gasteiger partial charge in [0, 0.05) is 0 Å². The van der Waals surface area contributed by atoms with Gasteiger partial charge in [0.05, 0.1) is 17.7 Å². The maximum absolute atomic E-state index is 13.3. The number of nitrogens with one attached hydrogen (secondary N) is 1. The molecule has 0 aliphatic carbocycles. The summed E-state index contributed by atoms with van der Waals surface area (Å²) in [4.78, 5) is 0. The molecule has 1 N–H and O–H groups in total. The lowest BCUT2D eigenvalue weighted by Gasteiger charge is -2.18. The third-order valence-corrected chi connectivity index (χ3v) is 3.54. The minimum Gasteiger partial charge on any atom is -0.494 e. The third-order valence-electron chi connectivity index (χ3n) is 3.25. The minimum atomic E-state index is -0.404. The number of benzene rings is 2. The van der Waals surface area contributed by atoms with Crippen LogP contribution in [0.3, 0.4) is 0 Å². The molecule has 1 atom stereocenters. The Labute approximate surface area is 129 Å². The molecule has 112 valence electrons. The lowest BCUT2D eigenvalue weighted by atomic mass is 9.99. The van der Waals surface area contributed by atoms with Crippen molar-refractivity contribution in [1.29, 1.82) is 0 Å². The van der Waals surface area contributed by atoms with E-state index in [-0.39, 0.29) is 11.1 Å². The lowest BCUT2D eigenvalue weighted by molar-refractivity contribution is 0.317. The summed E-state index contributed by atoms with van der Waals surface area (Å²) in [5, 5.41) is 3.36. The molecule has 0 aliphatic rings. The van der Waals surface area contributed by atoms with E-state index in [1.165, 1.54) is 6.07 Å². The van der Waals surface area contributed by atoms with Gasteiger partial charge in [-0.05, 0) is 48.9 Å². The third kappa shape index (κ3) is 3.96. The Morgan fingerprint density at radius 2 is 1.81 bits per heavy atom. The van der Waals surface area contributed by atoms with Crippen LogP contribution in [-0.4, -0.2) is 13.7 Å². The van der Waals surface area contributed by atoms with Crippen molar-refractivity contribution in [1.82, 2.24) is 5.32 Å². The van der Waals surface area contributed by atoms with Gasteiger partial charge in [0.25, 0.3) is 0 Å². The molecule has 2 rings (SSSR count). The Morgan fingerprint density at radius 1 is 1.14 bits per heavy atom. The van der Waals surface area contributed by atoms with E-state index in [2.05, 4.69) is 12.2 Å². The Kier molecular flexibility index (Phi) is 5.59. The van der Waals surface area contributed by atoms with E-state index in [1.807, 2.05) is 31.3 Å². The van der Waals surface area contributed by atoms with Crippen molar-refractivity contribution in [2.24, 2.45) is 0 Å². The minimum absolute atomic E-state index is 0.0386. The van der Waals surface area contributed by atoms with E-state index >= 15 is 0 Å². The fourth-order valence-corrected chi connectivity index (χ4v) is 2.38. The maximum atomic E-state index is 13.3. The average Bonchev–Trinajstić information content (AvgIpc) is 2.50. The molecule has 0 aliphatic heterocycles. The lowest BCUT2D eigenvalue weighted by Crippen LogP contribution is -2.17. The van der Waals surface area contributed by atoms with Crippen LogP contribution in [0.15, 0.2) is 42.5 Å². The van der Waals surface area contributed by atoms with Crippen LogP contribution in [0.2, 0.25) is 5.02 Å². The van der Waals surface area contributed by atoms with Gasteiger partial charge in [0.2, 0.25) is 0 Å². The Balaban J connectivity index is 2.22. The highest BCUT2D eigenvalue weighted by atomic mass is 35.5. The van der Waals surface area contributed by atoms with Crippen LogP contribution in [0.5, 0.6) is 5.75 Å². The van der Waals surface area contributed by atoms with Crippen molar-refractivity contribution in [3.63, 3.8) is 0 Å². The molecule has 0 saturated heterocycles. The second kappa shape index (κ2) is 7.43. The van der Waals surface area contributed by atoms with Crippen molar-refractivity contribution >= 4 is 11.6 Å². The van der Waals surface area contributed by atoms with Crippen LogP contribution in [-0.2, 0) is 0 Å². The van der Waals surface area contributed by atoms with Crippen LogP contribution >= 0.6 is 11.6 Å². The molecule has 21 heavy (non-hydrogen) atoms. The van der Waals surface area contributed by atoms with E-state index in [0.29, 0.717) is 6.61 Å². The predicted octanol–water partition coefficient (Wildman–Crippen LogP) is 4.58. The van der Waals surface area contributed by atoms with Crippen molar-refractivity contribution in [2.75, 3.05) is 13.7 Å². The summed E-state index contributed by atoms with van der Waals surface area (Å²) in [5.74, 6) is 0.450. The summed E-state index contributed by atoms with van der Waals surface area (Å²) in [6.45, 7) is 2.78. The summed E-state index contributed by atoms with van der Waals surface area (Å²) >= 11 is 5.86. The fourth-order valence-electron chi connectivity index (χ4n) is 2.19. The van der Waals surface area contributed by atoms with Gasteiger partial charge in [-0.3, -0.25) is 0 Å². The van der Waals surface area contributed by atoms with Crippen LogP contribution in [0.1, 0.15) is 30.5 Å². The molecule has 0 saturated carbocycles. The molecule has 2 aromatic carbocycles. The highest BCUT2D eigenvalue weighted by Gasteiger charge is 2.13. The standard InChI is InChI=1S/C17H19ClFNO/c1-3-10-21-14-7-4-12(5-8-14)17(20-2)13-6-9-16(19)15(18)11-13/h4-9,11,17,20H,3,10H2,1-2H3. The highest BCUT2D eigenvalue weighted by Crippen LogP contribution is 2.27. The summed E-state index contributed by atoms with van der Waals surface area (Å²) in [5.41, 5.74) is 2.00. The van der Waals surface area contributed by atoms with Gasteiger partial charge in [-0.25, -0.2) is 4.39 Å². The van der Waals surface area contributed by atoms with Gasteiger partial charge in [-0.2, -0.15) is 0 Å². The maximum Gasteiger partial charge on any atom is 0.141 e. The smallest absolute Gasteiger partial charge is 0.141 e. The molecular formula is C17H19ClFNO. The van der Waals surface area contributed by atoms with E-state index in [0.717, 1.165) is 23.3 Å². The highest BCUT2D eigenvalue weighted by molar-refractivity contribution is 6.30. The molecule has 0 aromatic heterocycles. The topological polar surface area (TPSA) is 21.3 Å². The van der Waals surface area contributed by atoms with Crippen LogP contribution < -0.4 is 10.1 Å². The molecular weight excluding hydrogens is 289 g/mol. The zero-order valence-corrected chi connectivity index (χ0v) is 13.0. The van der Waals surface area contributed by atoms with Crippen LogP contribution in [0.25, 0.3) is 0 Å². The number of halogens is 2. The first-order chi connectivity index (χ1) is 10.2. The molecule has 0 spiro atoms. The normalized spacial score (nSPS) is 12.2. The second-order valence-corrected chi connectivity index (χ2v) is 5.22. The quantitative estimate of drug-likeness (QED) is 0.843. The van der Waals surface area contributed by atoms with Gasteiger partial charge in [0.15, 0.2) is 0 Å². The second-order valence-electron chi connectivity index (χ2n) is 4.81. The number of hydrogen-bond acceptors (Lipinski definition) is 2. The zero-order chi connectivity index (χ0) is 15.2. The molecule has 0 amide bonds. The van der Waals surface area contributed by atoms with E-state index < -0.39 is 5.82 Å². The first-order valence-electron chi connectivity index (χ1n) is 7.00. The first-order valence-corrected chi connectivity index (χ1v) is 7.38. The molecule has 0 heterocycles. The number of hydrogen-bond donors (Lipinski definition) is 1. The van der Waals surface area contributed by atoms with Crippen LogP contribution in [0, 0.1) is 5.82 Å². The molecule has 2 nitrogen and oxygen atoms in total. The van der Waals surface area contributed by atoms with E-state index in [1.54, 1.807) is 12.1 Å². The van der Waals surface area contributed by atoms with Gasteiger partial charge in [-0.1, -0.05) is 36.7 Å². The average molecular weight is 308 g/mol. The molecule has 0 radical (unpaired) electrons. The molecule has 1 unspecified atom stereocenters. The number of rotatable bonds is 6. The summed E-state index contributed by atoms with van der Waals surface area (Å²) < 4.78 is 18.8. The van der Waals surface area contributed by atoms with Crippen LogP contribution in [0.4, 0.5) is 4.39 Å².